The zero-order valence-corrected chi connectivity index (χ0v) is 13.8. The summed E-state index contributed by atoms with van der Waals surface area (Å²) in [5.41, 5.74) is 1.26. The van der Waals surface area contributed by atoms with Crippen LogP contribution in [-0.2, 0) is 10.5 Å². The third-order valence-electron chi connectivity index (χ3n) is 3.72. The Kier molecular flexibility index (Phi) is 5.03. The predicted octanol–water partition coefficient (Wildman–Crippen LogP) is 4.54. The summed E-state index contributed by atoms with van der Waals surface area (Å²) in [4.78, 5) is 12.0. The number of nitrogens with one attached hydrogen (secondary N) is 1. The van der Waals surface area contributed by atoms with Gasteiger partial charge in [-0.05, 0) is 35.4 Å². The number of carbonyl (C=O) groups is 1. The first-order valence-electron chi connectivity index (χ1n) is 7.61. The van der Waals surface area contributed by atoms with Gasteiger partial charge in [0.05, 0.1) is 18.1 Å². The van der Waals surface area contributed by atoms with E-state index in [9.17, 15) is 4.79 Å². The third-order valence-corrected chi connectivity index (χ3v) is 4.70. The maximum Gasteiger partial charge on any atom is 0.230 e. The van der Waals surface area contributed by atoms with E-state index in [4.69, 9.17) is 4.42 Å². The van der Waals surface area contributed by atoms with Gasteiger partial charge in [-0.25, -0.2) is 0 Å². The van der Waals surface area contributed by atoms with E-state index in [1.54, 1.807) is 18.0 Å². The maximum atomic E-state index is 12.0. The van der Waals surface area contributed by atoms with Gasteiger partial charge in [-0.15, -0.1) is 11.8 Å². The number of fused-ring (bicyclic) bond motifs is 1. The average molecular weight is 325 g/mol. The fourth-order valence-corrected chi connectivity index (χ4v) is 3.41. The second-order valence-electron chi connectivity index (χ2n) is 5.44. The second kappa shape index (κ2) is 7.38. The van der Waals surface area contributed by atoms with Crippen molar-refractivity contribution >= 4 is 28.4 Å². The molecule has 1 N–H and O–H groups in total. The van der Waals surface area contributed by atoms with Gasteiger partial charge in [0, 0.05) is 5.75 Å². The summed E-state index contributed by atoms with van der Waals surface area (Å²) < 4.78 is 5.30. The van der Waals surface area contributed by atoms with Crippen molar-refractivity contribution in [2.45, 2.75) is 18.7 Å². The van der Waals surface area contributed by atoms with Crippen molar-refractivity contribution in [2.24, 2.45) is 0 Å². The van der Waals surface area contributed by atoms with E-state index < -0.39 is 0 Å². The number of furan rings is 1. The first-order chi connectivity index (χ1) is 11.2. The first-order valence-corrected chi connectivity index (χ1v) is 8.76. The van der Waals surface area contributed by atoms with Crippen LogP contribution in [0, 0.1) is 0 Å². The van der Waals surface area contributed by atoms with E-state index in [-0.39, 0.29) is 11.9 Å². The van der Waals surface area contributed by atoms with E-state index in [0.717, 1.165) is 11.5 Å². The van der Waals surface area contributed by atoms with Crippen molar-refractivity contribution in [3.63, 3.8) is 0 Å². The van der Waals surface area contributed by atoms with Crippen molar-refractivity contribution in [3.05, 3.63) is 72.2 Å². The molecule has 1 heterocycles. The Morgan fingerprint density at radius 3 is 2.78 bits per heavy atom. The van der Waals surface area contributed by atoms with Crippen LogP contribution in [0.1, 0.15) is 24.3 Å². The number of benzene rings is 2. The van der Waals surface area contributed by atoms with Gasteiger partial charge in [0.2, 0.25) is 5.91 Å². The monoisotopic (exact) mass is 325 g/mol. The minimum Gasteiger partial charge on any atom is -0.467 e. The van der Waals surface area contributed by atoms with Gasteiger partial charge in [0.25, 0.3) is 0 Å². The lowest BCUT2D eigenvalue weighted by Gasteiger charge is -2.11. The molecule has 3 nitrogen and oxygen atoms in total. The standard InChI is InChI=1S/C19H19NO2S/c1-14(18-10-5-11-22-18)20-19(21)13-23-12-16-8-4-7-15-6-2-3-9-17(15)16/h2-11,14H,12-13H2,1H3,(H,20,21). The quantitative estimate of drug-likeness (QED) is 0.723. The van der Waals surface area contributed by atoms with Gasteiger partial charge < -0.3 is 9.73 Å². The van der Waals surface area contributed by atoms with E-state index in [1.807, 2.05) is 31.2 Å². The van der Waals surface area contributed by atoms with E-state index in [0.29, 0.717) is 5.75 Å². The molecule has 2 aromatic carbocycles. The normalized spacial score (nSPS) is 12.2. The topological polar surface area (TPSA) is 42.2 Å². The molecular weight excluding hydrogens is 306 g/mol. The molecule has 1 unspecified atom stereocenters. The lowest BCUT2D eigenvalue weighted by Crippen LogP contribution is -2.27. The van der Waals surface area contributed by atoms with E-state index in [1.165, 1.54) is 16.3 Å². The van der Waals surface area contributed by atoms with Crippen LogP contribution in [0.15, 0.2) is 65.3 Å². The molecule has 0 aliphatic heterocycles. The number of carbonyl (C=O) groups excluding carboxylic acids is 1. The van der Waals surface area contributed by atoms with Crippen molar-refractivity contribution in [1.82, 2.24) is 5.32 Å². The Balaban J connectivity index is 1.53. The zero-order valence-electron chi connectivity index (χ0n) is 13.0. The van der Waals surface area contributed by atoms with Gasteiger partial charge in [-0.3, -0.25) is 4.79 Å². The Labute approximate surface area is 140 Å². The number of rotatable bonds is 6. The van der Waals surface area contributed by atoms with Crippen molar-refractivity contribution in [2.75, 3.05) is 5.75 Å². The van der Waals surface area contributed by atoms with Crippen molar-refractivity contribution in [3.8, 4) is 0 Å². The summed E-state index contributed by atoms with van der Waals surface area (Å²) in [6, 6.07) is 18.2. The lowest BCUT2D eigenvalue weighted by molar-refractivity contribution is -0.119. The second-order valence-corrected chi connectivity index (χ2v) is 6.42. The molecule has 3 aromatic rings. The number of hydrogen-bond donors (Lipinski definition) is 1. The molecule has 0 radical (unpaired) electrons. The molecule has 0 fully saturated rings. The highest BCUT2D eigenvalue weighted by Crippen LogP contribution is 2.22. The van der Waals surface area contributed by atoms with E-state index in [2.05, 4.69) is 35.6 Å². The highest BCUT2D eigenvalue weighted by Gasteiger charge is 2.11. The summed E-state index contributed by atoms with van der Waals surface area (Å²) in [6.07, 6.45) is 1.62. The molecule has 23 heavy (non-hydrogen) atoms. The Morgan fingerprint density at radius 2 is 1.96 bits per heavy atom. The Hall–Kier alpha value is -2.20. The van der Waals surface area contributed by atoms with Crippen LogP contribution in [0.25, 0.3) is 10.8 Å². The SMILES string of the molecule is CC(NC(=O)CSCc1cccc2ccccc12)c1ccco1. The largest absolute Gasteiger partial charge is 0.467 e. The smallest absolute Gasteiger partial charge is 0.230 e. The highest BCUT2D eigenvalue weighted by molar-refractivity contribution is 7.99. The summed E-state index contributed by atoms with van der Waals surface area (Å²) in [6.45, 7) is 1.92. The molecule has 0 aliphatic rings. The number of thioether (sulfide) groups is 1. The van der Waals surface area contributed by atoms with Gasteiger partial charge >= 0.3 is 0 Å². The molecule has 3 rings (SSSR count). The molecule has 118 valence electrons. The van der Waals surface area contributed by atoms with Gasteiger partial charge in [-0.1, -0.05) is 42.5 Å². The van der Waals surface area contributed by atoms with Gasteiger partial charge in [-0.2, -0.15) is 0 Å². The summed E-state index contributed by atoms with van der Waals surface area (Å²) in [5, 5.41) is 5.45. The van der Waals surface area contributed by atoms with Crippen molar-refractivity contribution < 1.29 is 9.21 Å². The zero-order chi connectivity index (χ0) is 16.1. The number of hydrogen-bond acceptors (Lipinski definition) is 3. The minimum absolute atomic E-state index is 0.0270. The predicted molar refractivity (Wildman–Crippen MR) is 95.4 cm³/mol. The first kappa shape index (κ1) is 15.7. The molecule has 0 saturated carbocycles. The number of amides is 1. The maximum absolute atomic E-state index is 12.0. The Bertz CT molecular complexity index is 778. The Morgan fingerprint density at radius 1 is 1.13 bits per heavy atom. The average Bonchev–Trinajstić information content (AvgIpc) is 3.10. The third kappa shape index (κ3) is 3.96. The lowest BCUT2D eigenvalue weighted by atomic mass is 10.1. The molecule has 1 atom stereocenters. The van der Waals surface area contributed by atoms with Gasteiger partial charge in [0.1, 0.15) is 5.76 Å². The summed E-state index contributed by atoms with van der Waals surface area (Å²) >= 11 is 1.63. The molecule has 0 bridgehead atoms. The van der Waals surface area contributed by atoms with Crippen LogP contribution in [0.4, 0.5) is 0 Å². The van der Waals surface area contributed by atoms with E-state index >= 15 is 0 Å². The summed E-state index contributed by atoms with van der Waals surface area (Å²) in [7, 11) is 0. The van der Waals surface area contributed by atoms with Crippen molar-refractivity contribution in [1.29, 1.82) is 0 Å². The molecule has 0 aliphatic carbocycles. The fourth-order valence-electron chi connectivity index (χ4n) is 2.56. The molecule has 4 heteroatoms. The molecule has 0 saturated heterocycles. The van der Waals surface area contributed by atoms with Crippen LogP contribution in [-0.4, -0.2) is 11.7 Å². The molecule has 1 amide bonds. The van der Waals surface area contributed by atoms with Gasteiger partial charge in [0.15, 0.2) is 0 Å². The van der Waals surface area contributed by atoms with Crippen LogP contribution >= 0.6 is 11.8 Å². The minimum atomic E-state index is -0.101. The molecule has 1 aromatic heterocycles. The molecule has 0 spiro atoms. The molecular formula is C19H19NO2S. The summed E-state index contributed by atoms with van der Waals surface area (Å²) in [5.74, 6) is 2.06. The fraction of sp³-hybridized carbons (Fsp3) is 0.211. The highest BCUT2D eigenvalue weighted by atomic mass is 32.2. The van der Waals surface area contributed by atoms with Crippen LogP contribution in [0.2, 0.25) is 0 Å². The van der Waals surface area contributed by atoms with Crippen LogP contribution in [0.3, 0.4) is 0 Å². The van der Waals surface area contributed by atoms with Crippen LogP contribution in [0.5, 0.6) is 0 Å². The van der Waals surface area contributed by atoms with Crippen LogP contribution < -0.4 is 5.32 Å².